The lowest BCUT2D eigenvalue weighted by Gasteiger charge is -2.12. The fraction of sp³-hybridized carbons (Fsp3) is 0.412. The Morgan fingerprint density at radius 3 is 2.71 bits per heavy atom. The molecule has 0 atom stereocenters. The molecule has 0 saturated carbocycles. The number of hydrogen-bond donors (Lipinski definition) is 1. The lowest BCUT2D eigenvalue weighted by Crippen LogP contribution is -2.08. The number of nitrogens with zero attached hydrogens (tertiary/aromatic N) is 1. The summed E-state index contributed by atoms with van der Waals surface area (Å²) < 4.78 is 20.7. The smallest absolute Gasteiger partial charge is 0.350 e. The molecule has 0 aliphatic carbocycles. The van der Waals surface area contributed by atoms with E-state index in [0.29, 0.717) is 30.4 Å². The van der Waals surface area contributed by atoms with E-state index in [0.717, 1.165) is 6.42 Å². The first kappa shape index (κ1) is 19.3. The van der Waals surface area contributed by atoms with Gasteiger partial charge >= 0.3 is 5.97 Å². The fourth-order valence-electron chi connectivity index (χ4n) is 1.77. The van der Waals surface area contributed by atoms with Gasteiger partial charge in [-0.1, -0.05) is 0 Å². The van der Waals surface area contributed by atoms with Gasteiger partial charge in [0.15, 0.2) is 17.1 Å². The zero-order chi connectivity index (χ0) is 17.8. The molecule has 7 heteroatoms. The first-order valence-corrected chi connectivity index (χ1v) is 7.50. The molecular weight excluding hydrogens is 312 g/mol. The summed E-state index contributed by atoms with van der Waals surface area (Å²) in [4.78, 5) is 11.6. The Kier molecular flexibility index (Phi) is 8.79. The molecule has 0 spiro atoms. The number of rotatable bonds is 10. The third-order valence-corrected chi connectivity index (χ3v) is 2.91. The minimum Gasteiger partial charge on any atom is -0.493 e. The molecule has 0 radical (unpaired) electrons. The predicted molar refractivity (Wildman–Crippen MR) is 88.9 cm³/mol. The number of benzene rings is 1. The fourth-order valence-corrected chi connectivity index (χ4v) is 1.77. The van der Waals surface area contributed by atoms with Crippen molar-refractivity contribution in [3.8, 4) is 17.6 Å². The zero-order valence-electron chi connectivity index (χ0n) is 14.1. The summed E-state index contributed by atoms with van der Waals surface area (Å²) in [6.45, 7) is 2.97. The van der Waals surface area contributed by atoms with Gasteiger partial charge in [-0.3, -0.25) is 0 Å². The summed E-state index contributed by atoms with van der Waals surface area (Å²) in [5.41, 5.74) is 0.532. The van der Waals surface area contributed by atoms with Gasteiger partial charge < -0.3 is 24.3 Å². The molecule has 0 bridgehead atoms. The topological polar surface area (TPSA) is 89.8 Å². The van der Waals surface area contributed by atoms with Crippen molar-refractivity contribution < 1.29 is 23.7 Å². The van der Waals surface area contributed by atoms with Crippen LogP contribution in [-0.2, 0) is 14.3 Å². The normalized spacial score (nSPS) is 10.7. The molecule has 0 heterocycles. The highest BCUT2D eigenvalue weighted by molar-refractivity contribution is 5.93. The van der Waals surface area contributed by atoms with E-state index in [2.05, 4.69) is 5.32 Å². The molecule has 1 aromatic rings. The molecule has 1 rings (SSSR count). The van der Waals surface area contributed by atoms with E-state index in [4.69, 9.17) is 24.2 Å². The monoisotopic (exact) mass is 334 g/mol. The second-order valence-electron chi connectivity index (χ2n) is 4.60. The molecule has 0 aliphatic heterocycles. The summed E-state index contributed by atoms with van der Waals surface area (Å²) in [5.74, 6) is 0.478. The molecule has 0 fully saturated rings. The second-order valence-corrected chi connectivity index (χ2v) is 4.60. The number of esters is 1. The minimum atomic E-state index is -0.669. The van der Waals surface area contributed by atoms with Gasteiger partial charge in [-0.15, -0.1) is 0 Å². The maximum Gasteiger partial charge on any atom is 0.350 e. The molecule has 0 saturated heterocycles. The standard InChI is InChI=1S/C17H22N2O5/c1-4-23-17(20)13(11-18)12-19-14-6-7-15(22-3)16(10-14)24-9-5-8-21-2/h6-7,10,12,19H,4-5,8-9H2,1-3H3/b13-12+. The molecule has 1 aromatic carbocycles. The van der Waals surface area contributed by atoms with Crippen molar-refractivity contribution in [2.45, 2.75) is 13.3 Å². The van der Waals surface area contributed by atoms with Crippen molar-refractivity contribution in [1.82, 2.24) is 0 Å². The SMILES string of the molecule is CCOC(=O)/C(C#N)=C/Nc1ccc(OC)c(OCCCOC)c1. The van der Waals surface area contributed by atoms with Gasteiger partial charge in [0, 0.05) is 38.1 Å². The molecule has 0 amide bonds. The van der Waals surface area contributed by atoms with Gasteiger partial charge in [-0.2, -0.15) is 5.26 Å². The predicted octanol–water partition coefficient (Wildman–Crippen LogP) is 2.49. The number of nitrogens with one attached hydrogen (secondary N) is 1. The van der Waals surface area contributed by atoms with Crippen LogP contribution in [0.5, 0.6) is 11.5 Å². The highest BCUT2D eigenvalue weighted by Crippen LogP contribution is 2.30. The first-order chi connectivity index (χ1) is 11.7. The minimum absolute atomic E-state index is 0.116. The van der Waals surface area contributed by atoms with Gasteiger partial charge in [0.05, 0.1) is 20.3 Å². The van der Waals surface area contributed by atoms with Crippen LogP contribution >= 0.6 is 0 Å². The zero-order valence-corrected chi connectivity index (χ0v) is 14.1. The summed E-state index contributed by atoms with van der Waals surface area (Å²) in [7, 11) is 3.19. The van der Waals surface area contributed by atoms with Crippen molar-refractivity contribution in [2.75, 3.05) is 39.4 Å². The Labute approximate surface area is 141 Å². The molecule has 0 aromatic heterocycles. The third-order valence-electron chi connectivity index (χ3n) is 2.91. The van der Waals surface area contributed by atoms with E-state index in [1.165, 1.54) is 6.20 Å². The highest BCUT2D eigenvalue weighted by atomic mass is 16.5. The van der Waals surface area contributed by atoms with E-state index in [1.54, 1.807) is 45.4 Å². The molecular formula is C17H22N2O5. The van der Waals surface area contributed by atoms with Gasteiger partial charge in [0.25, 0.3) is 0 Å². The summed E-state index contributed by atoms with van der Waals surface area (Å²) in [5, 5.41) is 11.9. The Morgan fingerprint density at radius 2 is 2.08 bits per heavy atom. The Bertz CT molecular complexity index is 607. The summed E-state index contributed by atoms with van der Waals surface area (Å²) in [6.07, 6.45) is 2.05. The van der Waals surface area contributed by atoms with E-state index in [1.807, 2.05) is 0 Å². The van der Waals surface area contributed by atoms with E-state index >= 15 is 0 Å². The van der Waals surface area contributed by atoms with Crippen LogP contribution in [-0.4, -0.2) is 40.0 Å². The number of carbonyl (C=O) groups excluding carboxylic acids is 1. The van der Waals surface area contributed by atoms with Crippen LogP contribution in [0.4, 0.5) is 5.69 Å². The lowest BCUT2D eigenvalue weighted by molar-refractivity contribution is -0.138. The average Bonchev–Trinajstić information content (AvgIpc) is 2.59. The maximum absolute atomic E-state index is 11.6. The van der Waals surface area contributed by atoms with E-state index in [9.17, 15) is 4.79 Å². The van der Waals surface area contributed by atoms with E-state index < -0.39 is 5.97 Å². The Hall–Kier alpha value is -2.72. The molecule has 7 nitrogen and oxygen atoms in total. The maximum atomic E-state index is 11.6. The van der Waals surface area contributed by atoms with Gasteiger partial charge in [-0.05, 0) is 19.1 Å². The highest BCUT2D eigenvalue weighted by Gasteiger charge is 2.10. The molecule has 0 aliphatic rings. The number of nitriles is 1. The van der Waals surface area contributed by atoms with Crippen LogP contribution < -0.4 is 14.8 Å². The largest absolute Gasteiger partial charge is 0.493 e. The summed E-state index contributed by atoms with van der Waals surface area (Å²) >= 11 is 0. The number of carbonyl (C=O) groups is 1. The average molecular weight is 334 g/mol. The van der Waals surface area contributed by atoms with E-state index in [-0.39, 0.29) is 12.2 Å². The van der Waals surface area contributed by atoms with Crippen LogP contribution in [0.15, 0.2) is 30.0 Å². The van der Waals surface area contributed by atoms with Crippen molar-refractivity contribution in [2.24, 2.45) is 0 Å². The molecule has 1 N–H and O–H groups in total. The van der Waals surface area contributed by atoms with Crippen LogP contribution in [0.25, 0.3) is 0 Å². The number of ether oxygens (including phenoxy) is 4. The number of hydrogen-bond acceptors (Lipinski definition) is 7. The van der Waals surface area contributed by atoms with Gasteiger partial charge in [-0.25, -0.2) is 4.79 Å². The van der Waals surface area contributed by atoms with Crippen LogP contribution in [0.1, 0.15) is 13.3 Å². The summed E-state index contributed by atoms with van der Waals surface area (Å²) in [6, 6.07) is 7.00. The number of methoxy groups -OCH3 is 2. The Balaban J connectivity index is 2.81. The van der Waals surface area contributed by atoms with Gasteiger partial charge in [0.1, 0.15) is 6.07 Å². The van der Waals surface area contributed by atoms with Crippen molar-refractivity contribution in [3.05, 3.63) is 30.0 Å². The number of anilines is 1. The van der Waals surface area contributed by atoms with Crippen molar-refractivity contribution in [3.63, 3.8) is 0 Å². The molecule has 24 heavy (non-hydrogen) atoms. The Morgan fingerprint density at radius 1 is 1.29 bits per heavy atom. The van der Waals surface area contributed by atoms with Crippen LogP contribution in [0.3, 0.4) is 0 Å². The van der Waals surface area contributed by atoms with Crippen molar-refractivity contribution >= 4 is 11.7 Å². The molecule has 130 valence electrons. The van der Waals surface area contributed by atoms with Crippen LogP contribution in [0.2, 0.25) is 0 Å². The quantitative estimate of drug-likeness (QED) is 0.304. The second kappa shape index (κ2) is 10.9. The third kappa shape index (κ3) is 6.18. The first-order valence-electron chi connectivity index (χ1n) is 7.50. The van der Waals surface area contributed by atoms with Gasteiger partial charge in [0.2, 0.25) is 0 Å². The molecule has 0 unspecified atom stereocenters. The van der Waals surface area contributed by atoms with Crippen LogP contribution in [0, 0.1) is 11.3 Å². The van der Waals surface area contributed by atoms with Crippen molar-refractivity contribution in [1.29, 1.82) is 5.26 Å². The lowest BCUT2D eigenvalue weighted by atomic mass is 10.2.